The van der Waals surface area contributed by atoms with Gasteiger partial charge >= 0.3 is 6.09 Å². The number of H-pyrrole nitrogens is 2. The Bertz CT molecular complexity index is 1310. The van der Waals surface area contributed by atoms with Crippen molar-refractivity contribution in [1.82, 2.24) is 30.2 Å². The average molecular weight is 487 g/mol. The van der Waals surface area contributed by atoms with E-state index in [1.165, 1.54) is 4.90 Å². The third-order valence-corrected chi connectivity index (χ3v) is 7.09. The van der Waals surface area contributed by atoms with E-state index in [1.807, 2.05) is 54.6 Å². The molecule has 2 amide bonds. The van der Waals surface area contributed by atoms with Crippen molar-refractivity contribution < 1.29 is 14.7 Å². The van der Waals surface area contributed by atoms with Crippen molar-refractivity contribution in [2.75, 3.05) is 7.05 Å². The molecule has 0 aliphatic heterocycles. The molecule has 2 aromatic heterocycles. The maximum Gasteiger partial charge on any atom is 0.407 e. The molecule has 9 heteroatoms. The van der Waals surface area contributed by atoms with Gasteiger partial charge in [0.15, 0.2) is 5.82 Å². The third-order valence-electron chi connectivity index (χ3n) is 7.09. The first kappa shape index (κ1) is 23.6. The van der Waals surface area contributed by atoms with Gasteiger partial charge in [0.25, 0.3) is 0 Å². The SMILES string of the molecule is CN(C(=O)O)C1CCC(C(=O)N[C@@H](Cc2ccccc2)c2ncc(-c3nc4ccccc4[nH]3)[nH]2)CC1. The van der Waals surface area contributed by atoms with Gasteiger partial charge in [-0.25, -0.2) is 14.8 Å². The Morgan fingerprint density at radius 1 is 1.06 bits per heavy atom. The highest BCUT2D eigenvalue weighted by molar-refractivity contribution is 5.80. The molecule has 4 aromatic rings. The second-order valence-electron chi connectivity index (χ2n) is 9.43. The van der Waals surface area contributed by atoms with Gasteiger partial charge in [0, 0.05) is 19.0 Å². The van der Waals surface area contributed by atoms with Gasteiger partial charge in [0.05, 0.1) is 23.3 Å². The number of aromatic amines is 2. The van der Waals surface area contributed by atoms with E-state index in [9.17, 15) is 14.7 Å². The molecule has 0 bridgehead atoms. The molecular weight excluding hydrogens is 456 g/mol. The van der Waals surface area contributed by atoms with Crippen molar-refractivity contribution in [3.63, 3.8) is 0 Å². The average Bonchev–Trinajstić information content (AvgIpc) is 3.56. The summed E-state index contributed by atoms with van der Waals surface area (Å²) in [6, 6.07) is 17.5. The van der Waals surface area contributed by atoms with Gasteiger partial charge < -0.3 is 25.3 Å². The Morgan fingerprint density at radius 3 is 2.50 bits per heavy atom. The Hall–Kier alpha value is -4.14. The molecular formula is C27H30N6O3. The molecule has 4 N–H and O–H groups in total. The van der Waals surface area contributed by atoms with Crippen molar-refractivity contribution in [3.05, 3.63) is 72.2 Å². The molecule has 0 unspecified atom stereocenters. The van der Waals surface area contributed by atoms with E-state index in [0.717, 1.165) is 22.3 Å². The number of hydrogen-bond donors (Lipinski definition) is 4. The quantitative estimate of drug-likeness (QED) is 0.305. The van der Waals surface area contributed by atoms with Crippen molar-refractivity contribution >= 4 is 23.0 Å². The Balaban J connectivity index is 1.33. The first-order valence-corrected chi connectivity index (χ1v) is 12.3. The number of carboxylic acid groups (broad SMARTS) is 1. The molecule has 2 heterocycles. The predicted molar refractivity (Wildman–Crippen MR) is 136 cm³/mol. The lowest BCUT2D eigenvalue weighted by Gasteiger charge is -2.33. The molecule has 1 atom stereocenters. The van der Waals surface area contributed by atoms with Crippen LogP contribution in [0.15, 0.2) is 60.8 Å². The van der Waals surface area contributed by atoms with E-state index in [4.69, 9.17) is 0 Å². The number of nitrogens with zero attached hydrogens (tertiary/aromatic N) is 3. The van der Waals surface area contributed by atoms with Crippen molar-refractivity contribution in [3.8, 4) is 11.5 Å². The van der Waals surface area contributed by atoms with Gasteiger partial charge in [-0.2, -0.15) is 0 Å². The number of imidazole rings is 2. The summed E-state index contributed by atoms with van der Waals surface area (Å²) in [4.78, 5) is 41.8. The fraction of sp³-hybridized carbons (Fsp3) is 0.333. The number of aromatic nitrogens is 4. The van der Waals surface area contributed by atoms with Gasteiger partial charge in [0.1, 0.15) is 11.5 Å². The lowest BCUT2D eigenvalue weighted by atomic mass is 9.84. The topological polar surface area (TPSA) is 127 Å². The Labute approximate surface area is 209 Å². The highest BCUT2D eigenvalue weighted by atomic mass is 16.4. The number of fused-ring (bicyclic) bond motifs is 1. The lowest BCUT2D eigenvalue weighted by Crippen LogP contribution is -2.42. The Morgan fingerprint density at radius 2 is 1.78 bits per heavy atom. The number of amides is 2. The van der Waals surface area contributed by atoms with Crippen LogP contribution in [-0.4, -0.2) is 55.0 Å². The summed E-state index contributed by atoms with van der Waals surface area (Å²) in [5.74, 6) is 1.20. The number of rotatable bonds is 7. The van der Waals surface area contributed by atoms with E-state index in [1.54, 1.807) is 13.2 Å². The Kier molecular flexibility index (Phi) is 6.71. The van der Waals surface area contributed by atoms with E-state index in [-0.39, 0.29) is 23.9 Å². The highest BCUT2D eigenvalue weighted by Gasteiger charge is 2.31. The van der Waals surface area contributed by atoms with Crippen molar-refractivity contribution in [1.29, 1.82) is 0 Å². The normalized spacial score (nSPS) is 18.6. The van der Waals surface area contributed by atoms with Gasteiger partial charge in [-0.3, -0.25) is 4.79 Å². The zero-order chi connectivity index (χ0) is 25.1. The van der Waals surface area contributed by atoms with Crippen LogP contribution in [0.4, 0.5) is 4.79 Å². The number of carbonyl (C=O) groups excluding carboxylic acids is 1. The van der Waals surface area contributed by atoms with Crippen LogP contribution in [0.1, 0.15) is 43.1 Å². The standard InChI is InChI=1S/C27H30N6O3/c1-33(27(35)36)19-13-11-18(12-14-19)26(34)32-22(15-17-7-3-2-4-8-17)24-28-16-23(31-24)25-29-20-9-5-6-10-21(20)30-25/h2-10,16,18-19,22H,11-15H2,1H3,(H,28,31)(H,29,30)(H,32,34)(H,35,36)/t18?,19?,22-/m0/s1. The van der Waals surface area contributed by atoms with Crippen LogP contribution < -0.4 is 5.32 Å². The van der Waals surface area contributed by atoms with Gasteiger partial charge in [0.2, 0.25) is 5.91 Å². The van der Waals surface area contributed by atoms with Crippen LogP contribution in [0.3, 0.4) is 0 Å². The highest BCUT2D eigenvalue weighted by Crippen LogP contribution is 2.29. The number of para-hydroxylation sites is 2. The summed E-state index contributed by atoms with van der Waals surface area (Å²) in [6.07, 6.45) is 4.09. The largest absolute Gasteiger partial charge is 0.465 e. The molecule has 0 radical (unpaired) electrons. The second-order valence-corrected chi connectivity index (χ2v) is 9.43. The molecule has 5 rings (SSSR count). The van der Waals surface area contributed by atoms with Crippen LogP contribution in [0.2, 0.25) is 0 Å². The van der Waals surface area contributed by atoms with Crippen LogP contribution in [0.25, 0.3) is 22.6 Å². The summed E-state index contributed by atoms with van der Waals surface area (Å²) >= 11 is 0. The summed E-state index contributed by atoms with van der Waals surface area (Å²) < 4.78 is 0. The number of hydrogen-bond acceptors (Lipinski definition) is 4. The molecule has 1 fully saturated rings. The number of nitrogens with one attached hydrogen (secondary N) is 3. The fourth-order valence-corrected chi connectivity index (χ4v) is 4.95. The maximum absolute atomic E-state index is 13.3. The first-order valence-electron chi connectivity index (χ1n) is 12.3. The number of benzene rings is 2. The minimum atomic E-state index is -0.927. The van der Waals surface area contributed by atoms with Crippen LogP contribution in [0, 0.1) is 5.92 Å². The molecule has 1 aliphatic carbocycles. The molecule has 9 nitrogen and oxygen atoms in total. The second kappa shape index (κ2) is 10.2. The van der Waals surface area contributed by atoms with Gasteiger partial charge in [-0.15, -0.1) is 0 Å². The minimum absolute atomic E-state index is 0.0194. The molecule has 1 saturated carbocycles. The van der Waals surface area contributed by atoms with E-state index >= 15 is 0 Å². The fourth-order valence-electron chi connectivity index (χ4n) is 4.95. The molecule has 186 valence electrons. The van der Waals surface area contributed by atoms with Crippen LogP contribution in [-0.2, 0) is 11.2 Å². The summed E-state index contributed by atoms with van der Waals surface area (Å²) in [7, 11) is 1.60. The molecule has 36 heavy (non-hydrogen) atoms. The summed E-state index contributed by atoms with van der Waals surface area (Å²) in [5.41, 5.74) is 3.67. The van der Waals surface area contributed by atoms with Gasteiger partial charge in [-0.05, 0) is 49.8 Å². The third kappa shape index (κ3) is 5.10. The lowest BCUT2D eigenvalue weighted by molar-refractivity contribution is -0.127. The van der Waals surface area contributed by atoms with Crippen molar-refractivity contribution in [2.45, 2.75) is 44.2 Å². The maximum atomic E-state index is 13.3. The smallest absolute Gasteiger partial charge is 0.407 e. The minimum Gasteiger partial charge on any atom is -0.465 e. The zero-order valence-electron chi connectivity index (χ0n) is 20.1. The molecule has 0 saturated heterocycles. The number of carbonyl (C=O) groups is 2. The monoisotopic (exact) mass is 486 g/mol. The van der Waals surface area contributed by atoms with Crippen molar-refractivity contribution in [2.24, 2.45) is 5.92 Å². The van der Waals surface area contributed by atoms with E-state index < -0.39 is 6.09 Å². The predicted octanol–water partition coefficient (Wildman–Crippen LogP) is 4.52. The van der Waals surface area contributed by atoms with Crippen LogP contribution in [0.5, 0.6) is 0 Å². The molecule has 2 aromatic carbocycles. The molecule has 0 spiro atoms. The van der Waals surface area contributed by atoms with E-state index in [0.29, 0.717) is 43.8 Å². The summed E-state index contributed by atoms with van der Waals surface area (Å²) in [6.45, 7) is 0. The molecule has 1 aliphatic rings. The summed E-state index contributed by atoms with van der Waals surface area (Å²) in [5, 5.41) is 12.5. The van der Waals surface area contributed by atoms with E-state index in [2.05, 4.69) is 25.3 Å². The zero-order valence-corrected chi connectivity index (χ0v) is 20.1. The van der Waals surface area contributed by atoms with Crippen LogP contribution >= 0.6 is 0 Å². The van der Waals surface area contributed by atoms with Gasteiger partial charge in [-0.1, -0.05) is 42.5 Å². The first-order chi connectivity index (χ1) is 17.5.